The van der Waals surface area contributed by atoms with Crippen LogP contribution in [0.3, 0.4) is 0 Å². The number of ether oxygens (including phenoxy) is 2. The van der Waals surface area contributed by atoms with Crippen molar-refractivity contribution in [3.63, 3.8) is 0 Å². The van der Waals surface area contributed by atoms with E-state index in [0.29, 0.717) is 36.0 Å². The van der Waals surface area contributed by atoms with Gasteiger partial charge < -0.3 is 19.7 Å². The smallest absolute Gasteiger partial charge is 0.242 e. The van der Waals surface area contributed by atoms with Crippen molar-refractivity contribution in [3.05, 3.63) is 53.2 Å². The molecule has 4 heterocycles. The van der Waals surface area contributed by atoms with Crippen molar-refractivity contribution >= 4 is 11.6 Å². The summed E-state index contributed by atoms with van der Waals surface area (Å²) in [6.45, 7) is 2.39. The molecule has 0 spiro atoms. The van der Waals surface area contributed by atoms with Gasteiger partial charge in [-0.25, -0.2) is 17.9 Å². The molecule has 1 saturated heterocycles. The monoisotopic (exact) mass is 487 g/mol. The molecular formula is C23H24F3N7O2. The lowest BCUT2D eigenvalue weighted by Crippen LogP contribution is -2.48. The molecule has 12 heteroatoms. The Kier molecular flexibility index (Phi) is 5.47. The molecule has 3 aromatic rings. The second-order valence-corrected chi connectivity index (χ2v) is 9.16. The summed E-state index contributed by atoms with van der Waals surface area (Å²) in [5, 5.41) is 16.0. The van der Waals surface area contributed by atoms with E-state index in [0.717, 1.165) is 37.7 Å². The number of anilines is 2. The fourth-order valence-electron chi connectivity index (χ4n) is 5.51. The van der Waals surface area contributed by atoms with E-state index in [4.69, 9.17) is 9.47 Å². The Morgan fingerprint density at radius 2 is 1.91 bits per heavy atom. The summed E-state index contributed by atoms with van der Waals surface area (Å²) < 4.78 is 54.3. The minimum atomic E-state index is -1.52. The number of rotatable bonds is 5. The van der Waals surface area contributed by atoms with E-state index >= 15 is 0 Å². The zero-order valence-corrected chi connectivity index (χ0v) is 19.0. The molecule has 0 radical (unpaired) electrons. The molecule has 184 valence electrons. The van der Waals surface area contributed by atoms with Crippen LogP contribution in [0.2, 0.25) is 0 Å². The minimum Gasteiger partial charge on any atom is -0.480 e. The molecule has 3 aliphatic rings. The molecule has 1 aromatic carbocycles. The Hall–Kier alpha value is -3.41. The molecule has 2 unspecified atom stereocenters. The topological polar surface area (TPSA) is 90.2 Å². The Balaban J connectivity index is 1.21. The van der Waals surface area contributed by atoms with E-state index in [9.17, 15) is 13.2 Å². The van der Waals surface area contributed by atoms with Crippen LogP contribution in [0, 0.1) is 29.3 Å². The summed E-state index contributed by atoms with van der Waals surface area (Å²) in [7, 11) is 1.57. The third-order valence-electron chi connectivity index (χ3n) is 7.19. The lowest BCUT2D eigenvalue weighted by molar-refractivity contribution is 0.0364. The lowest BCUT2D eigenvalue weighted by Gasteiger charge is -2.39. The van der Waals surface area contributed by atoms with Crippen molar-refractivity contribution in [1.82, 2.24) is 25.0 Å². The van der Waals surface area contributed by atoms with Crippen LogP contribution in [0.4, 0.5) is 24.8 Å². The predicted molar refractivity (Wildman–Crippen MR) is 119 cm³/mol. The summed E-state index contributed by atoms with van der Waals surface area (Å²) >= 11 is 0. The van der Waals surface area contributed by atoms with Crippen LogP contribution in [-0.2, 0) is 11.3 Å². The van der Waals surface area contributed by atoms with E-state index < -0.39 is 23.6 Å². The number of nitrogens with zero attached hydrogens (tertiary/aromatic N) is 6. The minimum absolute atomic E-state index is 0.0985. The average molecular weight is 487 g/mol. The van der Waals surface area contributed by atoms with Gasteiger partial charge >= 0.3 is 0 Å². The molecule has 1 N–H and O–H groups in total. The third kappa shape index (κ3) is 3.85. The Morgan fingerprint density at radius 3 is 2.69 bits per heavy atom. The summed E-state index contributed by atoms with van der Waals surface area (Å²) in [4.78, 5) is 6.88. The Bertz CT molecular complexity index is 1240. The highest BCUT2D eigenvalue weighted by Gasteiger charge is 2.43. The summed E-state index contributed by atoms with van der Waals surface area (Å²) in [5.74, 6) is -2.00. The van der Waals surface area contributed by atoms with Gasteiger partial charge in [0.2, 0.25) is 11.8 Å². The van der Waals surface area contributed by atoms with Crippen molar-refractivity contribution in [2.24, 2.45) is 11.8 Å². The Morgan fingerprint density at radius 1 is 1.11 bits per heavy atom. The number of fused-ring (bicyclic) bond motifs is 3. The van der Waals surface area contributed by atoms with Gasteiger partial charge in [-0.15, -0.1) is 10.2 Å². The van der Waals surface area contributed by atoms with Crippen molar-refractivity contribution in [3.8, 4) is 5.88 Å². The SMILES string of the molecule is COc1cc(N2C[C@H]3CC[C@@H](C2)C3Nc2nc3n(n2)CCOC3c2ccc(F)c(F)c2F)cnn1. The van der Waals surface area contributed by atoms with Crippen molar-refractivity contribution in [2.75, 3.05) is 37.0 Å². The standard InChI is InChI=1S/C23H24F3N7O2/c1-34-17-8-14(9-27-30-17)32-10-12-2-3-13(11-32)20(12)28-23-29-22-21(35-7-6-33(22)31-23)15-4-5-16(24)19(26)18(15)25/h4-5,8-9,12-13,20-21H,2-3,6-7,10-11H2,1H3,(H,28,31)/t12-,13+,20?,21?. The number of methoxy groups -OCH3 is 1. The van der Waals surface area contributed by atoms with Gasteiger partial charge in [0.25, 0.3) is 0 Å². The molecule has 4 atom stereocenters. The van der Waals surface area contributed by atoms with Crippen molar-refractivity contribution < 1.29 is 22.6 Å². The largest absolute Gasteiger partial charge is 0.480 e. The second kappa shape index (κ2) is 8.67. The fraction of sp³-hybridized carbons (Fsp3) is 0.478. The molecule has 2 aromatic heterocycles. The van der Waals surface area contributed by atoms with E-state index in [-0.39, 0.29) is 18.2 Å². The van der Waals surface area contributed by atoms with Crippen molar-refractivity contribution in [2.45, 2.75) is 31.5 Å². The lowest BCUT2D eigenvalue weighted by atomic mass is 9.92. The number of piperidine rings is 1. The molecule has 2 bridgehead atoms. The molecule has 9 nitrogen and oxygen atoms in total. The summed E-state index contributed by atoms with van der Waals surface area (Å²) in [6.07, 6.45) is 2.94. The van der Waals surface area contributed by atoms with Crippen LogP contribution in [0.15, 0.2) is 24.4 Å². The normalized spacial score (nSPS) is 25.4. The molecule has 1 saturated carbocycles. The predicted octanol–water partition coefficient (Wildman–Crippen LogP) is 2.94. The van der Waals surface area contributed by atoms with Crippen LogP contribution < -0.4 is 15.0 Å². The quantitative estimate of drug-likeness (QED) is 0.550. The first-order chi connectivity index (χ1) is 17.0. The van der Waals surface area contributed by atoms with E-state index in [1.807, 2.05) is 6.07 Å². The van der Waals surface area contributed by atoms with Gasteiger partial charge in [0.15, 0.2) is 23.3 Å². The first-order valence-corrected chi connectivity index (χ1v) is 11.6. The zero-order chi connectivity index (χ0) is 24.1. The second-order valence-electron chi connectivity index (χ2n) is 9.16. The maximum Gasteiger partial charge on any atom is 0.242 e. The Labute approximate surface area is 199 Å². The van der Waals surface area contributed by atoms with Gasteiger partial charge in [0, 0.05) is 30.8 Å². The molecular weight excluding hydrogens is 463 g/mol. The van der Waals surface area contributed by atoms with Gasteiger partial charge in [-0.2, -0.15) is 10.1 Å². The van der Waals surface area contributed by atoms with Crippen LogP contribution in [0.25, 0.3) is 0 Å². The highest BCUT2D eigenvalue weighted by Crippen LogP contribution is 2.40. The van der Waals surface area contributed by atoms with Gasteiger partial charge in [0.1, 0.15) is 6.10 Å². The number of benzene rings is 1. The first-order valence-electron chi connectivity index (χ1n) is 11.6. The van der Waals surface area contributed by atoms with Gasteiger partial charge in [-0.1, -0.05) is 0 Å². The van der Waals surface area contributed by atoms with Gasteiger partial charge in [-0.05, 0) is 36.8 Å². The first kappa shape index (κ1) is 22.1. The summed E-state index contributed by atoms with van der Waals surface area (Å²) in [5.41, 5.74) is 0.884. The summed E-state index contributed by atoms with van der Waals surface area (Å²) in [6, 6.07) is 4.16. The van der Waals surface area contributed by atoms with E-state index in [1.165, 1.54) is 6.07 Å². The zero-order valence-electron chi connectivity index (χ0n) is 19.0. The molecule has 0 amide bonds. The molecule has 6 rings (SSSR count). The maximum absolute atomic E-state index is 14.5. The average Bonchev–Trinajstić information content (AvgIpc) is 3.38. The van der Waals surface area contributed by atoms with Crippen LogP contribution in [-0.4, -0.2) is 57.8 Å². The molecule has 1 aliphatic carbocycles. The number of halogens is 3. The van der Waals surface area contributed by atoms with Crippen LogP contribution in [0.5, 0.6) is 5.88 Å². The van der Waals surface area contributed by atoms with Gasteiger partial charge in [0.05, 0.1) is 32.1 Å². The van der Waals surface area contributed by atoms with E-state index in [2.05, 4.69) is 30.5 Å². The van der Waals surface area contributed by atoms with Crippen LogP contribution in [0.1, 0.15) is 30.3 Å². The fourth-order valence-corrected chi connectivity index (χ4v) is 5.51. The molecule has 35 heavy (non-hydrogen) atoms. The van der Waals surface area contributed by atoms with Gasteiger partial charge in [-0.3, -0.25) is 0 Å². The van der Waals surface area contributed by atoms with E-state index in [1.54, 1.807) is 18.0 Å². The van der Waals surface area contributed by atoms with Crippen molar-refractivity contribution in [1.29, 1.82) is 0 Å². The number of hydrogen-bond donors (Lipinski definition) is 1. The molecule has 2 aliphatic heterocycles. The number of hydrogen-bond acceptors (Lipinski definition) is 8. The highest BCUT2D eigenvalue weighted by molar-refractivity contribution is 5.48. The third-order valence-corrected chi connectivity index (χ3v) is 7.19. The number of nitrogens with one attached hydrogen (secondary N) is 1. The maximum atomic E-state index is 14.5. The highest BCUT2D eigenvalue weighted by atomic mass is 19.2. The molecule has 2 fully saturated rings. The van der Waals surface area contributed by atoms with Crippen LogP contribution >= 0.6 is 0 Å². The number of aromatic nitrogens is 5.